The molecule has 1 aliphatic heterocycles. The largest absolute Gasteiger partial charge is 0.329 e. The second-order valence-corrected chi connectivity index (χ2v) is 7.29. The molecule has 3 heterocycles. The molecule has 3 aromatic rings. The predicted molar refractivity (Wildman–Crippen MR) is 108 cm³/mol. The van der Waals surface area contributed by atoms with Crippen LogP contribution in [0.15, 0.2) is 54.9 Å². The van der Waals surface area contributed by atoms with Gasteiger partial charge in [0, 0.05) is 43.3 Å². The van der Waals surface area contributed by atoms with Gasteiger partial charge in [-0.05, 0) is 49.2 Å². The van der Waals surface area contributed by atoms with Crippen molar-refractivity contribution in [2.45, 2.75) is 26.4 Å². The molecule has 1 aliphatic rings. The molecule has 0 radical (unpaired) electrons. The van der Waals surface area contributed by atoms with Gasteiger partial charge >= 0.3 is 0 Å². The molecule has 0 bridgehead atoms. The summed E-state index contributed by atoms with van der Waals surface area (Å²) in [5.74, 6) is 0.0630. The normalized spacial score (nSPS) is 16.9. The number of rotatable bonds is 4. The zero-order valence-electron chi connectivity index (χ0n) is 16.3. The molecule has 1 aromatic carbocycles. The topological polar surface area (TPSA) is 63.1 Å². The molecule has 4 rings (SSSR count). The Labute approximate surface area is 165 Å². The zero-order valence-corrected chi connectivity index (χ0v) is 16.3. The average Bonchev–Trinajstić information content (AvgIpc) is 3.05. The van der Waals surface area contributed by atoms with Crippen LogP contribution in [0.25, 0.3) is 0 Å². The highest BCUT2D eigenvalue weighted by Gasteiger charge is 2.28. The van der Waals surface area contributed by atoms with E-state index in [4.69, 9.17) is 0 Å². The summed E-state index contributed by atoms with van der Waals surface area (Å²) in [6, 6.07) is 13.9. The van der Waals surface area contributed by atoms with Crippen molar-refractivity contribution in [1.82, 2.24) is 25.0 Å². The Morgan fingerprint density at radius 1 is 1.21 bits per heavy atom. The lowest BCUT2D eigenvalue weighted by molar-refractivity contribution is 0.0634. The van der Waals surface area contributed by atoms with Crippen molar-refractivity contribution in [3.05, 3.63) is 82.9 Å². The summed E-state index contributed by atoms with van der Waals surface area (Å²) in [7, 11) is 0. The molecule has 2 aromatic heterocycles. The molecule has 144 valence electrons. The Kier molecular flexibility index (Phi) is 5.21. The number of aromatic nitrogens is 3. The van der Waals surface area contributed by atoms with Gasteiger partial charge in [-0.25, -0.2) is 0 Å². The van der Waals surface area contributed by atoms with Gasteiger partial charge in [-0.15, -0.1) is 0 Å². The van der Waals surface area contributed by atoms with E-state index in [-0.39, 0.29) is 11.9 Å². The summed E-state index contributed by atoms with van der Waals surface area (Å²) in [4.78, 5) is 19.3. The van der Waals surface area contributed by atoms with Crippen LogP contribution in [0.3, 0.4) is 0 Å². The highest BCUT2D eigenvalue weighted by molar-refractivity contribution is 5.94. The van der Waals surface area contributed by atoms with Crippen LogP contribution in [-0.4, -0.2) is 45.2 Å². The van der Waals surface area contributed by atoms with Gasteiger partial charge in [0.1, 0.15) is 0 Å². The number of nitrogens with zero attached hydrogens (tertiary/aromatic N) is 4. The van der Waals surface area contributed by atoms with Crippen LogP contribution >= 0.6 is 0 Å². The fourth-order valence-corrected chi connectivity index (χ4v) is 3.74. The van der Waals surface area contributed by atoms with Crippen LogP contribution in [-0.2, 0) is 6.54 Å². The molecule has 1 fully saturated rings. The number of pyridine rings is 1. The van der Waals surface area contributed by atoms with Gasteiger partial charge < -0.3 is 10.2 Å². The second-order valence-electron chi connectivity index (χ2n) is 7.29. The summed E-state index contributed by atoms with van der Waals surface area (Å²) in [5.41, 5.74) is 5.06. The summed E-state index contributed by atoms with van der Waals surface area (Å²) in [6.45, 7) is 7.00. The third kappa shape index (κ3) is 3.82. The number of carbonyl (C=O) groups is 1. The molecule has 6 heteroatoms. The van der Waals surface area contributed by atoms with Gasteiger partial charge in [-0.3, -0.25) is 14.5 Å². The van der Waals surface area contributed by atoms with E-state index in [1.165, 1.54) is 0 Å². The smallest absolute Gasteiger partial charge is 0.254 e. The third-order valence-corrected chi connectivity index (χ3v) is 5.21. The van der Waals surface area contributed by atoms with E-state index in [2.05, 4.69) is 28.4 Å². The molecular weight excluding hydrogens is 350 g/mol. The lowest BCUT2D eigenvalue weighted by Crippen LogP contribution is -2.48. The van der Waals surface area contributed by atoms with Crippen molar-refractivity contribution in [1.29, 1.82) is 0 Å². The van der Waals surface area contributed by atoms with Gasteiger partial charge in [0.15, 0.2) is 0 Å². The Balaban J connectivity index is 1.51. The van der Waals surface area contributed by atoms with E-state index in [0.29, 0.717) is 18.7 Å². The van der Waals surface area contributed by atoms with Crippen molar-refractivity contribution in [3.63, 3.8) is 0 Å². The molecule has 1 atom stereocenters. The zero-order chi connectivity index (χ0) is 19.5. The number of hydrogen-bond acceptors (Lipinski definition) is 4. The maximum atomic E-state index is 13.2. The van der Waals surface area contributed by atoms with E-state index in [0.717, 1.165) is 35.6 Å². The quantitative estimate of drug-likeness (QED) is 0.762. The van der Waals surface area contributed by atoms with Gasteiger partial charge in [0.05, 0.1) is 18.3 Å². The van der Waals surface area contributed by atoms with E-state index in [1.807, 2.05) is 59.1 Å². The minimum atomic E-state index is 0.00401. The Morgan fingerprint density at radius 3 is 2.71 bits per heavy atom. The fourth-order valence-electron chi connectivity index (χ4n) is 3.74. The van der Waals surface area contributed by atoms with Crippen molar-refractivity contribution in [2.75, 3.05) is 19.6 Å². The molecule has 6 nitrogen and oxygen atoms in total. The van der Waals surface area contributed by atoms with Crippen molar-refractivity contribution < 1.29 is 4.79 Å². The number of nitrogens with one attached hydrogen (secondary N) is 1. The Hall–Kier alpha value is -2.99. The van der Waals surface area contributed by atoms with Gasteiger partial charge in [-0.2, -0.15) is 5.10 Å². The molecule has 0 saturated carbocycles. The van der Waals surface area contributed by atoms with E-state index < -0.39 is 0 Å². The van der Waals surface area contributed by atoms with Crippen LogP contribution in [0, 0.1) is 13.8 Å². The van der Waals surface area contributed by atoms with Gasteiger partial charge in [0.2, 0.25) is 0 Å². The fraction of sp³-hybridized carbons (Fsp3) is 0.318. The number of amides is 1. The van der Waals surface area contributed by atoms with Crippen LogP contribution in [0.5, 0.6) is 0 Å². The van der Waals surface area contributed by atoms with Crippen LogP contribution in [0.1, 0.15) is 38.9 Å². The van der Waals surface area contributed by atoms with Crippen molar-refractivity contribution >= 4 is 5.91 Å². The van der Waals surface area contributed by atoms with Crippen LogP contribution in [0.4, 0.5) is 0 Å². The van der Waals surface area contributed by atoms with Crippen LogP contribution < -0.4 is 5.32 Å². The first-order valence-corrected chi connectivity index (χ1v) is 9.63. The van der Waals surface area contributed by atoms with Crippen molar-refractivity contribution in [2.24, 2.45) is 0 Å². The minimum absolute atomic E-state index is 0.00401. The first-order valence-electron chi connectivity index (χ1n) is 9.63. The molecule has 0 spiro atoms. The highest BCUT2D eigenvalue weighted by atomic mass is 16.2. The number of carbonyl (C=O) groups excluding carboxylic acids is 1. The monoisotopic (exact) mass is 375 g/mol. The van der Waals surface area contributed by atoms with E-state index in [1.54, 1.807) is 6.20 Å². The van der Waals surface area contributed by atoms with E-state index >= 15 is 0 Å². The lowest BCUT2D eigenvalue weighted by Gasteiger charge is -2.36. The number of piperazine rings is 1. The maximum absolute atomic E-state index is 13.2. The number of benzene rings is 1. The lowest BCUT2D eigenvalue weighted by atomic mass is 10.0. The third-order valence-electron chi connectivity index (χ3n) is 5.21. The number of aryl methyl sites for hydroxylation is 2. The molecule has 28 heavy (non-hydrogen) atoms. The minimum Gasteiger partial charge on any atom is -0.329 e. The van der Waals surface area contributed by atoms with E-state index in [9.17, 15) is 4.79 Å². The van der Waals surface area contributed by atoms with Crippen LogP contribution in [0.2, 0.25) is 0 Å². The van der Waals surface area contributed by atoms with Crippen molar-refractivity contribution in [3.8, 4) is 0 Å². The molecule has 1 amide bonds. The first kappa shape index (κ1) is 18.4. The summed E-state index contributed by atoms with van der Waals surface area (Å²) >= 11 is 0. The summed E-state index contributed by atoms with van der Waals surface area (Å²) < 4.78 is 1.99. The SMILES string of the molecule is Cc1cc(C)n(Cc2ccc(C(=O)N3CCNCC3c3cccnc3)cc2)n1. The highest BCUT2D eigenvalue weighted by Crippen LogP contribution is 2.23. The predicted octanol–water partition coefficient (Wildman–Crippen LogP) is 2.73. The molecule has 1 saturated heterocycles. The maximum Gasteiger partial charge on any atom is 0.254 e. The molecular formula is C22H25N5O. The number of hydrogen-bond donors (Lipinski definition) is 1. The van der Waals surface area contributed by atoms with Gasteiger partial charge in [-0.1, -0.05) is 18.2 Å². The Bertz CT molecular complexity index is 949. The standard InChI is InChI=1S/C22H25N5O/c1-16-12-17(2)27(25-16)15-18-5-7-19(8-6-18)22(28)26-11-10-24-14-21(26)20-4-3-9-23-13-20/h3-9,12-13,21,24H,10-11,14-15H2,1-2H3. The second kappa shape index (κ2) is 7.94. The average molecular weight is 375 g/mol. The van der Waals surface area contributed by atoms with Gasteiger partial charge in [0.25, 0.3) is 5.91 Å². The summed E-state index contributed by atoms with van der Waals surface area (Å²) in [5, 5.41) is 7.89. The molecule has 1 N–H and O–H groups in total. The molecule has 0 aliphatic carbocycles. The molecule has 1 unspecified atom stereocenters. The summed E-state index contributed by atoms with van der Waals surface area (Å²) in [6.07, 6.45) is 3.60. The first-order chi connectivity index (χ1) is 13.6. The Morgan fingerprint density at radius 2 is 2.04 bits per heavy atom.